The summed E-state index contributed by atoms with van der Waals surface area (Å²) in [5, 5.41) is 171. The van der Waals surface area contributed by atoms with Crippen molar-refractivity contribution in [2.45, 2.75) is 43.2 Å². The highest BCUT2D eigenvalue weighted by molar-refractivity contribution is 6.27. The van der Waals surface area contributed by atoms with Crippen LogP contribution in [0, 0.1) is 0 Å². The lowest BCUT2D eigenvalue weighted by molar-refractivity contribution is -0.170. The van der Waals surface area contributed by atoms with E-state index in [1.807, 2.05) is 0 Å². The number of aliphatic carboxylic acids is 13. The Morgan fingerprint density at radius 2 is 0.628 bits per heavy atom. The lowest BCUT2D eigenvalue weighted by atomic mass is 9.96. The topological polar surface area (TPSA) is 715 Å². The van der Waals surface area contributed by atoms with Crippen molar-refractivity contribution in [3.8, 4) is 0 Å². The third-order valence-corrected chi connectivity index (χ3v) is 6.43. The molecule has 2 rings (SSSR count). The van der Waals surface area contributed by atoms with Crippen molar-refractivity contribution in [1.29, 1.82) is 0 Å². The van der Waals surface area contributed by atoms with Crippen molar-refractivity contribution in [2.75, 3.05) is 0 Å². The molecule has 0 saturated heterocycles. The molecule has 3 unspecified atom stereocenters. The van der Waals surface area contributed by atoms with Crippen molar-refractivity contribution < 1.29 is 189 Å². The second-order valence-electron chi connectivity index (χ2n) is 12.5. The molecule has 3 atom stereocenters. The molecule has 0 aliphatic carbocycles. The summed E-state index contributed by atoms with van der Waals surface area (Å²) in [6.45, 7) is 0. The van der Waals surface area contributed by atoms with E-state index in [4.69, 9.17) is 117 Å². The molecule has 0 saturated carbocycles. The monoisotopic (exact) mass is 1130 g/mol. The third-order valence-electron chi connectivity index (χ3n) is 6.43. The molecular formula is C40H42O38. The first-order chi connectivity index (χ1) is 35.4. The van der Waals surface area contributed by atoms with E-state index >= 15 is 0 Å². The van der Waals surface area contributed by atoms with Crippen molar-refractivity contribution in [1.82, 2.24) is 0 Å². The maximum Gasteiger partial charge on any atom is 0.414 e. The average molecular weight is 1130 g/mol. The number of aliphatic hydroxyl groups is 4. The number of hydrogen-bond donors (Lipinski definition) is 21. The Bertz CT molecular complexity index is 2350. The van der Waals surface area contributed by atoms with E-state index in [-0.39, 0.29) is 22.3 Å². The summed E-state index contributed by atoms with van der Waals surface area (Å²) in [5.74, 6) is -24.7. The van der Waals surface area contributed by atoms with Gasteiger partial charge in [-0.1, -0.05) is 12.1 Å². The van der Waals surface area contributed by atoms with Gasteiger partial charge in [-0.2, -0.15) is 0 Å². The predicted molar refractivity (Wildman–Crippen MR) is 235 cm³/mol. The summed E-state index contributed by atoms with van der Waals surface area (Å²) in [7, 11) is 0. The van der Waals surface area contributed by atoms with Crippen LogP contribution in [0.25, 0.3) is 0 Å². The van der Waals surface area contributed by atoms with Crippen LogP contribution in [0.2, 0.25) is 0 Å². The van der Waals surface area contributed by atoms with Gasteiger partial charge >= 0.3 is 101 Å². The Balaban J connectivity index is -0.000000192. The SMILES string of the molecule is O=C(O)/C=C/C(=O)O.O=C(O)/C=C\C(=O)O.O=C(O)C(=O)O.O=C(O)C(O)C(O)C(=O)O.O=C(O)CC(O)(CC(=O)O)C(=O)O.O=C(O)CC(O)C(=O)O.O=C(O)c1ccc(C(=O)O)cc1.O=C(O)c1ccccc1C(=O)O. The lowest BCUT2D eigenvalue weighted by Gasteiger charge is -2.18. The number of aromatic carboxylic acids is 4. The second-order valence-corrected chi connectivity index (χ2v) is 12.5. The van der Waals surface area contributed by atoms with Gasteiger partial charge in [-0.15, -0.1) is 0 Å². The number of carboxylic acids is 17. The second kappa shape index (κ2) is 41.2. The minimum absolute atomic E-state index is 0.0833. The number of benzene rings is 2. The number of carboxylic acid groups (broad SMARTS) is 17. The van der Waals surface area contributed by atoms with E-state index in [9.17, 15) is 71.9 Å². The van der Waals surface area contributed by atoms with E-state index < -0.39 is 145 Å². The molecule has 38 heteroatoms. The molecule has 430 valence electrons. The van der Waals surface area contributed by atoms with Crippen LogP contribution in [0.5, 0.6) is 0 Å². The zero-order chi connectivity index (χ0) is 63.0. The highest BCUT2D eigenvalue weighted by Crippen LogP contribution is 2.16. The van der Waals surface area contributed by atoms with Gasteiger partial charge in [0.15, 0.2) is 23.9 Å². The number of hydrogen-bond acceptors (Lipinski definition) is 21. The van der Waals surface area contributed by atoms with E-state index in [1.165, 1.54) is 48.5 Å². The fourth-order valence-electron chi connectivity index (χ4n) is 3.13. The van der Waals surface area contributed by atoms with E-state index in [0.29, 0.717) is 24.3 Å². The van der Waals surface area contributed by atoms with E-state index in [1.54, 1.807) is 0 Å². The molecule has 0 radical (unpaired) electrons. The average Bonchev–Trinajstić information content (AvgIpc) is 3.30. The molecule has 0 fully saturated rings. The van der Waals surface area contributed by atoms with Gasteiger partial charge in [0, 0.05) is 24.3 Å². The Morgan fingerprint density at radius 3 is 0.756 bits per heavy atom. The first-order valence-electron chi connectivity index (χ1n) is 18.6. The van der Waals surface area contributed by atoms with Gasteiger partial charge in [0.05, 0.1) is 41.5 Å². The fraction of sp³-hybridized carbons (Fsp3) is 0.175. The van der Waals surface area contributed by atoms with Crippen LogP contribution in [0.3, 0.4) is 0 Å². The van der Waals surface area contributed by atoms with E-state index in [0.717, 1.165) is 0 Å². The summed E-state index contributed by atoms with van der Waals surface area (Å²) in [6.07, 6.45) is -7.13. The van der Waals surface area contributed by atoms with Crippen molar-refractivity contribution in [3.63, 3.8) is 0 Å². The quantitative estimate of drug-likeness (QED) is 0.0475. The lowest BCUT2D eigenvalue weighted by Crippen LogP contribution is -2.42. The predicted octanol–water partition coefficient (Wildman–Crippen LogP) is -3.72. The summed E-state index contributed by atoms with van der Waals surface area (Å²) in [4.78, 5) is 167. The third kappa shape index (κ3) is 45.9. The fourth-order valence-corrected chi connectivity index (χ4v) is 3.13. The molecular weight excluding hydrogens is 1090 g/mol. The number of aliphatic hydroxyl groups excluding tert-OH is 3. The summed E-state index contributed by atoms with van der Waals surface area (Å²) in [5.41, 5.74) is -2.95. The molecule has 78 heavy (non-hydrogen) atoms. The summed E-state index contributed by atoms with van der Waals surface area (Å²) in [6, 6.07) is 10.5. The van der Waals surface area contributed by atoms with Crippen LogP contribution in [-0.2, 0) is 62.3 Å². The smallest absolute Gasteiger partial charge is 0.414 e. The molecule has 0 aromatic heterocycles. The largest absolute Gasteiger partial charge is 0.481 e. The molecule has 0 amide bonds. The summed E-state index contributed by atoms with van der Waals surface area (Å²) < 4.78 is 0. The van der Waals surface area contributed by atoms with Crippen LogP contribution in [-0.4, -0.2) is 233 Å². The number of rotatable bonds is 19. The molecule has 21 N–H and O–H groups in total. The molecule has 0 heterocycles. The van der Waals surface area contributed by atoms with Gasteiger partial charge in [0.1, 0.15) is 0 Å². The van der Waals surface area contributed by atoms with Crippen LogP contribution < -0.4 is 0 Å². The van der Waals surface area contributed by atoms with Crippen molar-refractivity contribution in [2.24, 2.45) is 0 Å². The van der Waals surface area contributed by atoms with Crippen LogP contribution in [0.15, 0.2) is 72.8 Å². The first-order valence-corrected chi connectivity index (χ1v) is 18.6. The van der Waals surface area contributed by atoms with Gasteiger partial charge in [-0.05, 0) is 36.4 Å². The first kappa shape index (κ1) is 78.2. The number of carbonyl (C=O) groups is 17. The van der Waals surface area contributed by atoms with Gasteiger partial charge in [0.25, 0.3) is 0 Å². The molecule has 0 spiro atoms. The van der Waals surface area contributed by atoms with Crippen LogP contribution >= 0.6 is 0 Å². The minimum atomic E-state index is -2.74. The molecule has 2 aromatic carbocycles. The van der Waals surface area contributed by atoms with Crippen molar-refractivity contribution in [3.05, 3.63) is 95.1 Å². The van der Waals surface area contributed by atoms with Gasteiger partial charge < -0.3 is 107 Å². The molecule has 0 bridgehead atoms. The Morgan fingerprint density at radius 1 is 0.372 bits per heavy atom. The van der Waals surface area contributed by atoms with Gasteiger partial charge in [0.2, 0.25) is 0 Å². The van der Waals surface area contributed by atoms with Gasteiger partial charge in [-0.25, -0.2) is 67.1 Å². The maximum atomic E-state index is 10.5. The Kier molecular flexibility index (Phi) is 41.3. The van der Waals surface area contributed by atoms with Gasteiger partial charge in [-0.3, -0.25) is 14.4 Å². The maximum absolute atomic E-state index is 10.5. The molecule has 0 aliphatic rings. The minimum Gasteiger partial charge on any atom is -0.481 e. The standard InChI is InChI=1S/2C8H6O4.C6H8O7.C4H6O6.C4H6O5.2C4H4O4.C2H2O4/c9-7(10)5-1-2-6(4-3-5)8(11)12;9-7(10)5-3-1-2-4-6(5)8(11)12;7-3(8)1-6(13,5(11)12)2-4(9)10;5-1(3(7)8)2(6)4(9)10;5-2(4(8)9)1-3(6)7;2*5-3(6)1-2-4(7)8;3-1(4)2(5)6/h2*1-4H,(H,9,10)(H,11,12);13H,1-2H2,(H,7,8)(H,9,10)(H,11,12);1-2,5-6H,(H,7,8)(H,9,10);2,5H,1H2,(H,6,7)(H,8,9);2*1-2H,(H,5,6)(H,7,8);(H,3,4)(H,5,6)/b;;;;;2-1+;2-1-;. The van der Waals surface area contributed by atoms with E-state index in [2.05, 4.69) is 0 Å². The molecule has 2 aromatic rings. The molecule has 0 aliphatic heterocycles. The zero-order valence-corrected chi connectivity index (χ0v) is 38.1. The normalized spacial score (nSPS) is 10.7. The Labute approximate surface area is 428 Å². The van der Waals surface area contributed by atoms with Crippen LogP contribution in [0.1, 0.15) is 60.7 Å². The Hall–Kier alpha value is -11.3. The molecule has 38 nitrogen and oxygen atoms in total. The zero-order valence-electron chi connectivity index (χ0n) is 38.1. The van der Waals surface area contributed by atoms with Crippen molar-refractivity contribution >= 4 is 101 Å². The highest BCUT2D eigenvalue weighted by atomic mass is 16.5. The van der Waals surface area contributed by atoms with Crippen LogP contribution in [0.4, 0.5) is 0 Å². The highest BCUT2D eigenvalue weighted by Gasteiger charge is 2.40. The summed E-state index contributed by atoms with van der Waals surface area (Å²) >= 11 is 0.